The van der Waals surface area contributed by atoms with Crippen LogP contribution in [0.1, 0.15) is 66.1 Å². The Kier molecular flexibility index (Phi) is 13.0. The Bertz CT molecular complexity index is 2150. The lowest BCUT2D eigenvalue weighted by atomic mass is 9.84. The molecule has 294 valence electrons. The largest absolute Gasteiger partial charge is 0.453 e. The second kappa shape index (κ2) is 17.1. The van der Waals surface area contributed by atoms with Crippen molar-refractivity contribution >= 4 is 50.6 Å². The van der Waals surface area contributed by atoms with Crippen LogP contribution in [0.2, 0.25) is 5.15 Å². The first-order chi connectivity index (χ1) is 25.9. The van der Waals surface area contributed by atoms with E-state index in [1.807, 2.05) is 20.8 Å². The molecule has 0 spiro atoms. The number of fused-ring (bicyclic) bond motifs is 1. The highest BCUT2D eigenvalue weighted by molar-refractivity contribution is 7.89. The first-order valence-electron chi connectivity index (χ1n) is 17.1. The Labute approximate surface area is 326 Å². The smallest absolute Gasteiger partial charge is 0.413 e. The quantitative estimate of drug-likeness (QED) is 0.105. The van der Waals surface area contributed by atoms with Crippen LogP contribution in [0.4, 0.5) is 18.0 Å². The van der Waals surface area contributed by atoms with Crippen LogP contribution < -0.4 is 10.6 Å². The molecule has 5 aromatic rings. The van der Waals surface area contributed by atoms with Gasteiger partial charge in [-0.2, -0.15) is 17.5 Å². The fraction of sp³-hybridized carbons (Fsp3) is 0.342. The number of alkyl halides is 3. The second-order valence-corrected chi connectivity index (χ2v) is 17.4. The lowest BCUT2D eigenvalue weighted by molar-refractivity contribution is -0.163. The molecule has 3 aromatic heterocycles. The van der Waals surface area contributed by atoms with Gasteiger partial charge in [0.1, 0.15) is 16.8 Å². The zero-order valence-electron chi connectivity index (χ0n) is 30.3. The Hall–Kier alpha value is -4.48. The van der Waals surface area contributed by atoms with Crippen LogP contribution in [0.3, 0.4) is 0 Å². The van der Waals surface area contributed by atoms with Gasteiger partial charge in [0, 0.05) is 34.6 Å². The number of hydrogen-bond donors (Lipinski definition) is 3. The molecule has 3 heterocycles. The van der Waals surface area contributed by atoms with Crippen molar-refractivity contribution in [2.75, 3.05) is 20.3 Å². The van der Waals surface area contributed by atoms with E-state index < -0.39 is 58.9 Å². The molecular formula is C38H41ClF3N5O6S2. The van der Waals surface area contributed by atoms with Gasteiger partial charge in [0.05, 0.1) is 24.7 Å². The van der Waals surface area contributed by atoms with Gasteiger partial charge < -0.3 is 24.9 Å². The van der Waals surface area contributed by atoms with Crippen LogP contribution in [-0.4, -0.2) is 71.7 Å². The summed E-state index contributed by atoms with van der Waals surface area (Å²) >= 11 is 6.63. The van der Waals surface area contributed by atoms with Crippen LogP contribution in [0, 0.1) is 5.41 Å². The number of ether oxygens (including phenoxy) is 1. The molecule has 17 heteroatoms. The van der Waals surface area contributed by atoms with E-state index in [1.54, 1.807) is 60.7 Å². The number of hydrogen-bond acceptors (Lipinski definition) is 8. The SMILES string of the molecule is COC(=O)N[C@H](C(=O)N[C@H](c1ccc([C@@H](CO)N(CCC(C)(C)C)S(=O)(=O)c2ccc3nc(Cl)cn3c2)s1)C(F)(F)F)C(c1ccccc1)c1ccccc1. The Morgan fingerprint density at radius 3 is 2.07 bits per heavy atom. The number of carbonyl (C=O) groups is 2. The zero-order valence-corrected chi connectivity index (χ0v) is 32.7. The summed E-state index contributed by atoms with van der Waals surface area (Å²) in [7, 11) is -3.29. The van der Waals surface area contributed by atoms with E-state index in [4.69, 9.17) is 16.3 Å². The van der Waals surface area contributed by atoms with Gasteiger partial charge in [-0.25, -0.2) is 18.2 Å². The topological polar surface area (TPSA) is 142 Å². The average molecular weight is 820 g/mol. The molecule has 0 radical (unpaired) electrons. The number of nitrogens with one attached hydrogen (secondary N) is 2. The molecule has 3 atom stereocenters. The molecule has 0 aliphatic carbocycles. The highest BCUT2D eigenvalue weighted by atomic mass is 35.5. The summed E-state index contributed by atoms with van der Waals surface area (Å²) in [5.74, 6) is -2.07. The summed E-state index contributed by atoms with van der Waals surface area (Å²) in [6, 6.07) is 16.9. The summed E-state index contributed by atoms with van der Waals surface area (Å²) in [4.78, 5) is 30.3. The minimum atomic E-state index is -5.03. The van der Waals surface area contributed by atoms with Crippen LogP contribution in [0.25, 0.3) is 5.65 Å². The fourth-order valence-corrected chi connectivity index (χ4v) is 9.13. The number of aromatic nitrogens is 2. The summed E-state index contributed by atoms with van der Waals surface area (Å²) in [6.07, 6.45) is -2.95. The average Bonchev–Trinajstić information content (AvgIpc) is 3.77. The van der Waals surface area contributed by atoms with Crippen LogP contribution in [-0.2, 0) is 19.6 Å². The number of benzene rings is 2. The molecular weight excluding hydrogens is 779 g/mol. The minimum Gasteiger partial charge on any atom is -0.453 e. The van der Waals surface area contributed by atoms with E-state index in [1.165, 1.54) is 35.0 Å². The molecule has 0 bridgehead atoms. The Morgan fingerprint density at radius 1 is 0.927 bits per heavy atom. The third-order valence-electron chi connectivity index (χ3n) is 8.87. The molecule has 0 saturated heterocycles. The van der Waals surface area contributed by atoms with Gasteiger partial charge in [0.15, 0.2) is 6.04 Å². The van der Waals surface area contributed by atoms with Gasteiger partial charge in [-0.15, -0.1) is 11.3 Å². The Morgan fingerprint density at radius 2 is 1.53 bits per heavy atom. The van der Waals surface area contributed by atoms with E-state index in [2.05, 4.69) is 15.6 Å². The molecule has 0 saturated carbocycles. The molecule has 5 rings (SSSR count). The molecule has 2 aromatic carbocycles. The maximum Gasteiger partial charge on any atom is 0.413 e. The van der Waals surface area contributed by atoms with Crippen molar-refractivity contribution in [3.05, 3.63) is 123 Å². The fourth-order valence-electron chi connectivity index (χ4n) is 6.07. The highest BCUT2D eigenvalue weighted by Gasteiger charge is 2.46. The van der Waals surface area contributed by atoms with Gasteiger partial charge >= 0.3 is 12.3 Å². The van der Waals surface area contributed by atoms with Crippen molar-refractivity contribution in [2.24, 2.45) is 5.41 Å². The zero-order chi connectivity index (χ0) is 40.1. The van der Waals surface area contributed by atoms with Crippen molar-refractivity contribution in [2.45, 2.75) is 62.3 Å². The summed E-state index contributed by atoms with van der Waals surface area (Å²) in [6.45, 7) is 4.90. The minimum absolute atomic E-state index is 0.0757. The lowest BCUT2D eigenvalue weighted by Gasteiger charge is -2.32. The lowest BCUT2D eigenvalue weighted by Crippen LogP contribution is -2.52. The number of thiophene rings is 1. The maximum absolute atomic E-state index is 15.0. The Balaban J connectivity index is 1.52. The number of carbonyl (C=O) groups excluding carboxylic acids is 2. The second-order valence-electron chi connectivity index (χ2n) is 14.0. The molecule has 3 N–H and O–H groups in total. The van der Waals surface area contributed by atoms with Crippen LogP contribution in [0.15, 0.2) is 102 Å². The van der Waals surface area contributed by atoms with E-state index in [9.17, 15) is 36.3 Å². The van der Waals surface area contributed by atoms with Gasteiger partial charge in [-0.3, -0.25) is 4.79 Å². The molecule has 55 heavy (non-hydrogen) atoms. The molecule has 0 aliphatic rings. The molecule has 0 aliphatic heterocycles. The number of imidazole rings is 1. The van der Waals surface area contributed by atoms with Crippen molar-refractivity contribution < 1.29 is 41.0 Å². The van der Waals surface area contributed by atoms with E-state index >= 15 is 0 Å². The van der Waals surface area contributed by atoms with Crippen molar-refractivity contribution in [3.8, 4) is 0 Å². The van der Waals surface area contributed by atoms with Crippen molar-refractivity contribution in [1.29, 1.82) is 0 Å². The number of aliphatic hydroxyl groups excluding tert-OH is 1. The number of nitrogens with zero attached hydrogens (tertiary/aromatic N) is 3. The van der Waals surface area contributed by atoms with Crippen LogP contribution >= 0.6 is 22.9 Å². The first kappa shape index (κ1) is 41.7. The normalized spacial score (nSPS) is 14.2. The van der Waals surface area contributed by atoms with E-state index in [0.29, 0.717) is 34.5 Å². The van der Waals surface area contributed by atoms with Crippen LogP contribution in [0.5, 0.6) is 0 Å². The van der Waals surface area contributed by atoms with E-state index in [0.717, 1.165) is 17.5 Å². The summed E-state index contributed by atoms with van der Waals surface area (Å²) < 4.78 is 80.7. The number of alkyl carbamates (subject to hydrolysis) is 1. The number of sulfonamides is 1. The third-order valence-corrected chi connectivity index (χ3v) is 12.2. The van der Waals surface area contributed by atoms with Gasteiger partial charge in [0.2, 0.25) is 15.9 Å². The summed E-state index contributed by atoms with van der Waals surface area (Å²) in [5.41, 5.74) is 1.14. The predicted octanol–water partition coefficient (Wildman–Crippen LogP) is 7.49. The first-order valence-corrected chi connectivity index (χ1v) is 19.7. The number of methoxy groups -OCH3 is 1. The summed E-state index contributed by atoms with van der Waals surface area (Å²) in [5, 5.41) is 15.4. The van der Waals surface area contributed by atoms with Crippen molar-refractivity contribution in [3.63, 3.8) is 0 Å². The molecule has 0 unspecified atom stereocenters. The number of pyridine rings is 1. The molecule has 0 fully saturated rings. The predicted molar refractivity (Wildman–Crippen MR) is 203 cm³/mol. The van der Waals surface area contributed by atoms with Crippen molar-refractivity contribution in [1.82, 2.24) is 24.3 Å². The number of aliphatic hydroxyl groups is 1. The van der Waals surface area contributed by atoms with Gasteiger partial charge in [0.25, 0.3) is 0 Å². The molecule has 2 amide bonds. The molecule has 11 nitrogen and oxygen atoms in total. The number of rotatable bonds is 14. The third kappa shape index (κ3) is 10.0. The van der Waals surface area contributed by atoms with E-state index in [-0.39, 0.29) is 31.8 Å². The maximum atomic E-state index is 15.0. The van der Waals surface area contributed by atoms with Gasteiger partial charge in [-0.1, -0.05) is 93.0 Å². The number of halogens is 4. The van der Waals surface area contributed by atoms with Gasteiger partial charge in [-0.05, 0) is 47.2 Å². The standard InChI is InChI=1S/C38H41ClF3N5O6S2/c1-37(2,3)19-20-47(55(51,52)26-15-18-31-43-30(39)22-46(31)21-26)27(23-48)28-16-17-29(54-28)34(38(40,41)42)45-35(49)33(44-36(50)53-4)32(24-11-7-5-8-12-24)25-13-9-6-10-14-25/h5-18,21-22,27,32-34,48H,19-20,23H2,1-4H3,(H,44,50)(H,45,49)/t27-,33+,34-/m1/s1. The highest BCUT2D eigenvalue weighted by Crippen LogP contribution is 2.41. The number of amides is 2. The monoisotopic (exact) mass is 819 g/mol.